The third-order valence-corrected chi connectivity index (χ3v) is 5.02. The maximum Gasteiger partial charge on any atom is 0.255 e. The average molecular weight is 369 g/mol. The van der Waals surface area contributed by atoms with Gasteiger partial charge < -0.3 is 19.7 Å². The van der Waals surface area contributed by atoms with E-state index in [-0.39, 0.29) is 5.91 Å². The number of amides is 1. The molecule has 6 heteroatoms. The molecule has 3 rings (SSSR count). The lowest BCUT2D eigenvalue weighted by atomic mass is 9.99. The zero-order valence-corrected chi connectivity index (χ0v) is 16.2. The van der Waals surface area contributed by atoms with E-state index >= 15 is 0 Å². The molecule has 1 amide bonds. The van der Waals surface area contributed by atoms with E-state index in [0.29, 0.717) is 23.1 Å². The van der Waals surface area contributed by atoms with Gasteiger partial charge in [-0.2, -0.15) is 0 Å². The largest absolute Gasteiger partial charge is 0.493 e. The van der Waals surface area contributed by atoms with E-state index in [1.807, 2.05) is 29.2 Å². The Morgan fingerprint density at radius 1 is 1.15 bits per heavy atom. The zero-order chi connectivity index (χ0) is 19.2. The molecule has 1 aliphatic rings. The first-order valence-corrected chi connectivity index (χ1v) is 9.41. The predicted molar refractivity (Wildman–Crippen MR) is 106 cm³/mol. The van der Waals surface area contributed by atoms with Crippen molar-refractivity contribution in [3.8, 4) is 11.5 Å². The molecule has 144 valence electrons. The molecule has 1 aromatic heterocycles. The lowest BCUT2D eigenvalue weighted by molar-refractivity contribution is 0.0607. The number of ether oxygens (including phenoxy) is 2. The van der Waals surface area contributed by atoms with Crippen LogP contribution >= 0.6 is 0 Å². The molecule has 6 nitrogen and oxygen atoms in total. The normalized spacial score (nSPS) is 16.7. The van der Waals surface area contributed by atoms with Gasteiger partial charge in [0, 0.05) is 30.5 Å². The summed E-state index contributed by atoms with van der Waals surface area (Å²) in [4.78, 5) is 19.2. The quantitative estimate of drug-likeness (QED) is 0.825. The molecule has 0 aliphatic carbocycles. The maximum absolute atomic E-state index is 13.0. The SMILES string of the molecule is CCC1CCCCN1C(=O)c1cncc(Nc2ccc(OC)c(OC)c2)c1. The summed E-state index contributed by atoms with van der Waals surface area (Å²) in [5.41, 5.74) is 2.21. The summed E-state index contributed by atoms with van der Waals surface area (Å²) in [6, 6.07) is 7.77. The van der Waals surface area contributed by atoms with E-state index in [1.165, 1.54) is 6.42 Å². The van der Waals surface area contributed by atoms with Crippen molar-refractivity contribution in [1.29, 1.82) is 0 Å². The van der Waals surface area contributed by atoms with Gasteiger partial charge >= 0.3 is 0 Å². The van der Waals surface area contributed by atoms with Gasteiger partial charge in [-0.3, -0.25) is 9.78 Å². The van der Waals surface area contributed by atoms with E-state index in [9.17, 15) is 4.79 Å². The predicted octanol–water partition coefficient (Wildman–Crippen LogP) is 4.25. The number of likely N-dealkylation sites (tertiary alicyclic amines) is 1. The molecule has 1 atom stereocenters. The molecular weight excluding hydrogens is 342 g/mol. The fraction of sp³-hybridized carbons (Fsp3) is 0.429. The molecular formula is C21H27N3O3. The van der Waals surface area contributed by atoms with Crippen molar-refractivity contribution in [1.82, 2.24) is 9.88 Å². The highest BCUT2D eigenvalue weighted by Crippen LogP contribution is 2.31. The highest BCUT2D eigenvalue weighted by atomic mass is 16.5. The molecule has 1 aromatic carbocycles. The van der Waals surface area contributed by atoms with Gasteiger partial charge in [0.25, 0.3) is 5.91 Å². The van der Waals surface area contributed by atoms with Gasteiger partial charge in [0.05, 0.1) is 31.7 Å². The standard InChI is InChI=1S/C21H27N3O3/c1-4-18-7-5-6-10-24(18)21(25)15-11-17(14-22-13-15)23-16-8-9-19(26-2)20(12-16)27-3/h8-9,11-14,18,23H,4-7,10H2,1-3H3. The van der Waals surface area contributed by atoms with Gasteiger partial charge in [0.1, 0.15) is 0 Å². The Bertz CT molecular complexity index is 794. The number of hydrogen-bond donors (Lipinski definition) is 1. The Labute approximate surface area is 160 Å². The average Bonchev–Trinajstić information content (AvgIpc) is 2.73. The van der Waals surface area contributed by atoms with E-state index in [2.05, 4.69) is 17.2 Å². The number of carbonyl (C=O) groups is 1. The summed E-state index contributed by atoms with van der Waals surface area (Å²) in [6.07, 6.45) is 7.69. The Morgan fingerprint density at radius 3 is 2.70 bits per heavy atom. The summed E-state index contributed by atoms with van der Waals surface area (Å²) in [7, 11) is 3.21. The van der Waals surface area contributed by atoms with E-state index in [0.717, 1.165) is 37.2 Å². The number of piperidine rings is 1. The third kappa shape index (κ3) is 4.32. The third-order valence-electron chi connectivity index (χ3n) is 5.02. The Morgan fingerprint density at radius 2 is 1.96 bits per heavy atom. The lowest BCUT2D eigenvalue weighted by Crippen LogP contribution is -2.43. The number of aromatic nitrogens is 1. The maximum atomic E-state index is 13.0. The van der Waals surface area contributed by atoms with E-state index in [1.54, 1.807) is 26.6 Å². The van der Waals surface area contributed by atoms with Crippen molar-refractivity contribution in [2.75, 3.05) is 26.1 Å². The number of anilines is 2. The van der Waals surface area contributed by atoms with Crippen LogP contribution in [0.3, 0.4) is 0 Å². The monoisotopic (exact) mass is 369 g/mol. The first-order valence-electron chi connectivity index (χ1n) is 9.41. The lowest BCUT2D eigenvalue weighted by Gasteiger charge is -2.35. The van der Waals surface area contributed by atoms with E-state index in [4.69, 9.17) is 9.47 Å². The minimum Gasteiger partial charge on any atom is -0.493 e. The molecule has 1 aliphatic heterocycles. The molecule has 2 heterocycles. The number of nitrogens with one attached hydrogen (secondary N) is 1. The topological polar surface area (TPSA) is 63.7 Å². The molecule has 0 saturated carbocycles. The Balaban J connectivity index is 1.78. The molecule has 2 aromatic rings. The van der Waals surface area contributed by atoms with Crippen LogP contribution in [0, 0.1) is 0 Å². The zero-order valence-electron chi connectivity index (χ0n) is 16.2. The molecule has 1 unspecified atom stereocenters. The van der Waals surface area contributed by atoms with Crippen molar-refractivity contribution in [2.24, 2.45) is 0 Å². The van der Waals surface area contributed by atoms with Crippen molar-refractivity contribution >= 4 is 17.3 Å². The van der Waals surface area contributed by atoms with Gasteiger partial charge in [-0.1, -0.05) is 6.92 Å². The molecule has 0 spiro atoms. The number of pyridine rings is 1. The van der Waals surface area contributed by atoms with Crippen molar-refractivity contribution < 1.29 is 14.3 Å². The summed E-state index contributed by atoms with van der Waals surface area (Å²) in [5, 5.41) is 3.28. The van der Waals surface area contributed by atoms with Crippen LogP contribution in [0.5, 0.6) is 11.5 Å². The van der Waals surface area contributed by atoms with Crippen molar-refractivity contribution in [3.05, 3.63) is 42.2 Å². The Hall–Kier alpha value is -2.76. The molecule has 0 radical (unpaired) electrons. The van der Waals surface area contributed by atoms with Crippen LogP contribution in [0.15, 0.2) is 36.7 Å². The van der Waals surface area contributed by atoms with Crippen molar-refractivity contribution in [3.63, 3.8) is 0 Å². The van der Waals surface area contributed by atoms with E-state index < -0.39 is 0 Å². The van der Waals surface area contributed by atoms with Crippen LogP contribution in [0.4, 0.5) is 11.4 Å². The van der Waals surface area contributed by atoms with Crippen LogP contribution < -0.4 is 14.8 Å². The summed E-state index contributed by atoms with van der Waals surface area (Å²) in [6.45, 7) is 2.97. The van der Waals surface area contributed by atoms with Crippen molar-refractivity contribution in [2.45, 2.75) is 38.6 Å². The number of hydrogen-bond acceptors (Lipinski definition) is 5. The smallest absolute Gasteiger partial charge is 0.255 e. The van der Waals surface area contributed by atoms with Gasteiger partial charge in [0.2, 0.25) is 0 Å². The van der Waals surface area contributed by atoms with Crippen LogP contribution in [0.25, 0.3) is 0 Å². The minimum absolute atomic E-state index is 0.0602. The van der Waals surface area contributed by atoms with Gasteiger partial charge in [0.15, 0.2) is 11.5 Å². The van der Waals surface area contributed by atoms with Gasteiger partial charge in [-0.05, 0) is 43.9 Å². The molecule has 1 fully saturated rings. The van der Waals surface area contributed by atoms with Crippen LogP contribution in [0.2, 0.25) is 0 Å². The number of benzene rings is 1. The van der Waals surface area contributed by atoms with Crippen LogP contribution in [-0.4, -0.2) is 42.6 Å². The summed E-state index contributed by atoms with van der Waals surface area (Å²) >= 11 is 0. The second-order valence-electron chi connectivity index (χ2n) is 6.71. The fourth-order valence-corrected chi connectivity index (χ4v) is 3.56. The fourth-order valence-electron chi connectivity index (χ4n) is 3.56. The molecule has 1 saturated heterocycles. The molecule has 27 heavy (non-hydrogen) atoms. The first kappa shape index (κ1) is 19.0. The second-order valence-corrected chi connectivity index (χ2v) is 6.71. The summed E-state index contributed by atoms with van der Waals surface area (Å²) < 4.78 is 10.6. The first-order chi connectivity index (χ1) is 13.2. The highest BCUT2D eigenvalue weighted by Gasteiger charge is 2.26. The molecule has 1 N–H and O–H groups in total. The van der Waals surface area contributed by atoms with Crippen LogP contribution in [0.1, 0.15) is 43.0 Å². The second kappa shape index (κ2) is 8.75. The number of nitrogens with zero attached hydrogens (tertiary/aromatic N) is 2. The molecule has 0 bridgehead atoms. The number of methoxy groups -OCH3 is 2. The highest BCUT2D eigenvalue weighted by molar-refractivity contribution is 5.95. The summed E-state index contributed by atoms with van der Waals surface area (Å²) in [5.74, 6) is 1.37. The van der Waals surface area contributed by atoms with Crippen LogP contribution in [-0.2, 0) is 0 Å². The minimum atomic E-state index is 0.0602. The Kier molecular flexibility index (Phi) is 6.16. The number of rotatable bonds is 6. The van der Waals surface area contributed by atoms with Gasteiger partial charge in [-0.25, -0.2) is 0 Å². The van der Waals surface area contributed by atoms with Gasteiger partial charge in [-0.15, -0.1) is 0 Å². The number of carbonyl (C=O) groups excluding carboxylic acids is 1.